The van der Waals surface area contributed by atoms with Gasteiger partial charge in [-0.3, -0.25) is 0 Å². The van der Waals surface area contributed by atoms with Crippen molar-refractivity contribution in [3.05, 3.63) is 22.4 Å². The molecule has 0 aliphatic carbocycles. The normalized spacial score (nSPS) is 9.50. The van der Waals surface area contributed by atoms with Crippen LogP contribution in [0.5, 0.6) is 0 Å². The lowest BCUT2D eigenvalue weighted by molar-refractivity contribution is 1.23. The van der Waals surface area contributed by atoms with Crippen molar-refractivity contribution in [2.75, 3.05) is 12.4 Å². The lowest BCUT2D eigenvalue weighted by atomic mass is 10.2. The highest BCUT2D eigenvalue weighted by atomic mass is 79.9. The van der Waals surface area contributed by atoms with Crippen LogP contribution >= 0.6 is 15.9 Å². The van der Waals surface area contributed by atoms with E-state index in [4.69, 9.17) is 0 Å². The summed E-state index contributed by atoms with van der Waals surface area (Å²) < 4.78 is 0.879. The fraction of sp³-hybridized carbons (Fsp3) is 0.286. The van der Waals surface area contributed by atoms with Crippen LogP contribution in [0.15, 0.2) is 16.9 Å². The lowest BCUT2D eigenvalue weighted by Crippen LogP contribution is -1.92. The molecule has 1 aromatic heterocycles. The molecule has 0 aliphatic heterocycles. The van der Waals surface area contributed by atoms with Gasteiger partial charge < -0.3 is 5.32 Å². The third kappa shape index (κ3) is 1.48. The topological polar surface area (TPSA) is 24.9 Å². The maximum Gasteiger partial charge on any atom is 0.106 e. The van der Waals surface area contributed by atoms with Gasteiger partial charge in [0.15, 0.2) is 0 Å². The van der Waals surface area contributed by atoms with Crippen molar-refractivity contribution in [1.82, 2.24) is 4.98 Å². The number of nitrogens with one attached hydrogen (secondary N) is 1. The second kappa shape index (κ2) is 3.01. The first-order valence-corrected chi connectivity index (χ1v) is 3.83. The largest absolute Gasteiger partial charge is 0.387 e. The number of aromatic nitrogens is 1. The zero-order chi connectivity index (χ0) is 7.56. The molecule has 2 nitrogen and oxygen atoms in total. The molecular weight excluding hydrogens is 192 g/mol. The average molecular weight is 201 g/mol. The van der Waals surface area contributed by atoms with E-state index in [1.807, 2.05) is 20.0 Å². The fourth-order valence-electron chi connectivity index (χ4n) is 0.783. The monoisotopic (exact) mass is 200 g/mol. The molecule has 0 spiro atoms. The summed E-state index contributed by atoms with van der Waals surface area (Å²) in [5, 5.41) is 3.04. The zero-order valence-corrected chi connectivity index (χ0v) is 7.57. The summed E-state index contributed by atoms with van der Waals surface area (Å²) in [6, 6.07) is 1.98. The average Bonchev–Trinajstić information content (AvgIpc) is 1.88. The highest BCUT2D eigenvalue weighted by molar-refractivity contribution is 9.10. The number of nitrogens with zero attached hydrogens (tertiary/aromatic N) is 1. The summed E-state index contributed by atoms with van der Waals surface area (Å²) in [5.74, 6) is 0. The Bertz CT molecular complexity index is 235. The van der Waals surface area contributed by atoms with Crippen LogP contribution in [0.2, 0.25) is 0 Å². The number of hydrogen-bond donors (Lipinski definition) is 1. The minimum absolute atomic E-state index is 0.879. The maximum absolute atomic E-state index is 4.06. The van der Waals surface area contributed by atoms with Crippen molar-refractivity contribution in [1.29, 1.82) is 0 Å². The van der Waals surface area contributed by atoms with Gasteiger partial charge in [0.25, 0.3) is 0 Å². The molecule has 0 bridgehead atoms. The van der Waals surface area contributed by atoms with Gasteiger partial charge in [-0.25, -0.2) is 4.98 Å². The Morgan fingerprint density at radius 3 is 2.80 bits per heavy atom. The first-order chi connectivity index (χ1) is 4.74. The van der Waals surface area contributed by atoms with Crippen LogP contribution in [-0.2, 0) is 0 Å². The van der Waals surface area contributed by atoms with Crippen LogP contribution in [0.1, 0.15) is 5.56 Å². The number of anilines is 1. The number of rotatable bonds is 1. The summed E-state index contributed by atoms with van der Waals surface area (Å²) in [6.07, 6.45) is 1.80. The van der Waals surface area contributed by atoms with Gasteiger partial charge in [0.05, 0.1) is 11.9 Å². The van der Waals surface area contributed by atoms with E-state index in [0.717, 1.165) is 10.3 Å². The van der Waals surface area contributed by atoms with Crippen molar-refractivity contribution >= 4 is 21.6 Å². The molecule has 54 valence electrons. The molecular formula is C7H9BrN2. The molecule has 1 aromatic rings. The number of aryl methyl sites for hydroxylation is 1. The molecule has 3 heteroatoms. The minimum Gasteiger partial charge on any atom is -0.387 e. The minimum atomic E-state index is 0.879. The summed E-state index contributed by atoms with van der Waals surface area (Å²) in [7, 11) is 1.89. The molecule has 0 saturated heterocycles. The van der Waals surface area contributed by atoms with E-state index >= 15 is 0 Å². The van der Waals surface area contributed by atoms with Crippen LogP contribution in [0.3, 0.4) is 0 Å². The molecule has 0 saturated carbocycles. The quantitative estimate of drug-likeness (QED) is 0.704. The van der Waals surface area contributed by atoms with Crippen LogP contribution in [0, 0.1) is 6.92 Å². The Morgan fingerprint density at radius 2 is 2.30 bits per heavy atom. The molecule has 0 atom stereocenters. The molecule has 0 amide bonds. The van der Waals surface area contributed by atoms with Crippen LogP contribution in [0.4, 0.5) is 5.69 Å². The van der Waals surface area contributed by atoms with Crippen molar-refractivity contribution in [3.8, 4) is 0 Å². The molecule has 1 rings (SSSR count). The zero-order valence-electron chi connectivity index (χ0n) is 5.98. The Kier molecular flexibility index (Phi) is 2.27. The van der Waals surface area contributed by atoms with Crippen molar-refractivity contribution in [2.45, 2.75) is 6.92 Å². The molecule has 10 heavy (non-hydrogen) atoms. The summed E-state index contributed by atoms with van der Waals surface area (Å²) in [5.41, 5.74) is 2.27. The van der Waals surface area contributed by atoms with Gasteiger partial charge in [-0.2, -0.15) is 0 Å². The van der Waals surface area contributed by atoms with E-state index in [2.05, 4.69) is 26.2 Å². The van der Waals surface area contributed by atoms with Gasteiger partial charge in [0.2, 0.25) is 0 Å². The predicted molar refractivity (Wildman–Crippen MR) is 46.2 cm³/mol. The van der Waals surface area contributed by atoms with Gasteiger partial charge in [-0.15, -0.1) is 0 Å². The van der Waals surface area contributed by atoms with E-state index in [-0.39, 0.29) is 0 Å². The number of halogens is 1. The number of pyridine rings is 1. The molecule has 0 unspecified atom stereocenters. The predicted octanol–water partition coefficient (Wildman–Crippen LogP) is 2.19. The third-order valence-electron chi connectivity index (χ3n) is 1.35. The summed E-state index contributed by atoms with van der Waals surface area (Å²) >= 11 is 3.29. The molecule has 0 fully saturated rings. The third-order valence-corrected chi connectivity index (χ3v) is 1.78. The van der Waals surface area contributed by atoms with Crippen molar-refractivity contribution in [3.63, 3.8) is 0 Å². The van der Waals surface area contributed by atoms with Gasteiger partial charge in [-0.1, -0.05) is 0 Å². The van der Waals surface area contributed by atoms with Gasteiger partial charge in [0, 0.05) is 7.05 Å². The second-order valence-electron chi connectivity index (χ2n) is 2.07. The standard InChI is InChI=1S/C7H9BrN2/c1-5-3-7(8)10-4-6(5)9-2/h3-4,9H,1-2H3. The highest BCUT2D eigenvalue weighted by Gasteiger charge is 1.95. The van der Waals surface area contributed by atoms with Crippen molar-refractivity contribution < 1.29 is 0 Å². The second-order valence-corrected chi connectivity index (χ2v) is 2.88. The Morgan fingerprint density at radius 1 is 1.60 bits per heavy atom. The highest BCUT2D eigenvalue weighted by Crippen LogP contribution is 2.15. The van der Waals surface area contributed by atoms with E-state index in [9.17, 15) is 0 Å². The first-order valence-electron chi connectivity index (χ1n) is 3.04. The summed E-state index contributed by atoms with van der Waals surface area (Å²) in [6.45, 7) is 2.04. The SMILES string of the molecule is CNc1cnc(Br)cc1C. The van der Waals surface area contributed by atoms with Crippen LogP contribution in [-0.4, -0.2) is 12.0 Å². The molecule has 1 heterocycles. The Labute approximate surface area is 68.8 Å². The van der Waals surface area contributed by atoms with E-state index in [1.165, 1.54) is 5.56 Å². The van der Waals surface area contributed by atoms with Crippen LogP contribution < -0.4 is 5.32 Å². The van der Waals surface area contributed by atoms with E-state index in [1.54, 1.807) is 6.20 Å². The molecule has 0 aliphatic rings. The molecule has 0 aromatic carbocycles. The van der Waals surface area contributed by atoms with Crippen molar-refractivity contribution in [2.24, 2.45) is 0 Å². The first kappa shape index (κ1) is 7.54. The molecule has 0 radical (unpaired) electrons. The maximum atomic E-state index is 4.06. The van der Waals surface area contributed by atoms with Gasteiger partial charge >= 0.3 is 0 Å². The van der Waals surface area contributed by atoms with E-state index in [0.29, 0.717) is 0 Å². The Balaban J connectivity index is 3.07. The number of hydrogen-bond acceptors (Lipinski definition) is 2. The molecule has 1 N–H and O–H groups in total. The van der Waals surface area contributed by atoms with Gasteiger partial charge in [0.1, 0.15) is 4.60 Å². The summed E-state index contributed by atoms with van der Waals surface area (Å²) in [4.78, 5) is 4.06. The fourth-order valence-corrected chi connectivity index (χ4v) is 1.23. The van der Waals surface area contributed by atoms with Crippen LogP contribution in [0.25, 0.3) is 0 Å². The van der Waals surface area contributed by atoms with Gasteiger partial charge in [-0.05, 0) is 34.5 Å². The van der Waals surface area contributed by atoms with E-state index < -0.39 is 0 Å². The Hall–Kier alpha value is -0.570. The lowest BCUT2D eigenvalue weighted by Gasteiger charge is -2.02. The smallest absolute Gasteiger partial charge is 0.106 e.